The molecule has 31 heavy (non-hydrogen) atoms. The summed E-state index contributed by atoms with van der Waals surface area (Å²) in [6.45, 7) is 5.64. The molecular formula is C25H28N2O4. The molecule has 3 aromatic carbocycles. The van der Waals surface area contributed by atoms with Crippen molar-refractivity contribution in [3.63, 3.8) is 0 Å². The fourth-order valence-corrected chi connectivity index (χ4v) is 3.13. The van der Waals surface area contributed by atoms with Gasteiger partial charge in [-0.1, -0.05) is 62.4 Å². The van der Waals surface area contributed by atoms with E-state index in [-0.39, 0.29) is 6.61 Å². The van der Waals surface area contributed by atoms with Crippen LogP contribution in [-0.2, 0) is 9.59 Å². The van der Waals surface area contributed by atoms with Gasteiger partial charge in [0.2, 0.25) is 0 Å². The van der Waals surface area contributed by atoms with Crippen LogP contribution in [0.5, 0.6) is 11.5 Å². The lowest BCUT2D eigenvalue weighted by molar-refractivity contribution is -0.133. The average Bonchev–Trinajstić information content (AvgIpc) is 2.80. The number of rotatable bonds is 8. The molecule has 0 aliphatic heterocycles. The van der Waals surface area contributed by atoms with Crippen molar-refractivity contribution in [2.75, 3.05) is 6.61 Å². The number of carbonyl (C=O) groups excluding carboxylic acids is 2. The largest absolute Gasteiger partial charge is 0.484 e. The van der Waals surface area contributed by atoms with Gasteiger partial charge in [-0.25, -0.2) is 0 Å². The highest BCUT2D eigenvalue weighted by Gasteiger charge is 2.18. The second kappa shape index (κ2) is 10.5. The van der Waals surface area contributed by atoms with E-state index in [4.69, 9.17) is 9.47 Å². The number of benzene rings is 3. The first-order chi connectivity index (χ1) is 15.0. The van der Waals surface area contributed by atoms with Gasteiger partial charge in [-0.05, 0) is 53.8 Å². The molecule has 0 saturated heterocycles. The van der Waals surface area contributed by atoms with E-state index in [2.05, 4.69) is 24.7 Å². The smallest absolute Gasteiger partial charge is 0.279 e. The van der Waals surface area contributed by atoms with E-state index in [1.165, 1.54) is 0 Å². The fraction of sp³-hybridized carbons (Fsp3) is 0.280. The highest BCUT2D eigenvalue weighted by molar-refractivity contribution is 5.86. The van der Waals surface area contributed by atoms with Crippen molar-refractivity contribution in [3.8, 4) is 11.5 Å². The highest BCUT2D eigenvalue weighted by Crippen LogP contribution is 2.29. The van der Waals surface area contributed by atoms with Crippen LogP contribution in [-0.4, -0.2) is 24.5 Å². The molecule has 0 radical (unpaired) electrons. The van der Waals surface area contributed by atoms with Gasteiger partial charge in [0.15, 0.2) is 12.7 Å². The van der Waals surface area contributed by atoms with E-state index >= 15 is 0 Å². The topological polar surface area (TPSA) is 76.7 Å². The molecule has 2 amide bonds. The summed E-state index contributed by atoms with van der Waals surface area (Å²) < 4.78 is 11.4. The third-order valence-corrected chi connectivity index (χ3v) is 5.15. The molecule has 6 nitrogen and oxygen atoms in total. The third kappa shape index (κ3) is 5.98. The molecular weight excluding hydrogens is 392 g/mol. The molecule has 162 valence electrons. The maximum Gasteiger partial charge on any atom is 0.279 e. The molecule has 2 unspecified atom stereocenters. The van der Waals surface area contributed by atoms with Crippen molar-refractivity contribution < 1.29 is 19.1 Å². The zero-order valence-electron chi connectivity index (χ0n) is 18.1. The summed E-state index contributed by atoms with van der Waals surface area (Å²) in [4.78, 5) is 24.4. The molecule has 0 saturated carbocycles. The Labute approximate surface area is 182 Å². The van der Waals surface area contributed by atoms with Crippen molar-refractivity contribution >= 4 is 22.6 Å². The van der Waals surface area contributed by atoms with Crippen LogP contribution in [0, 0.1) is 0 Å². The van der Waals surface area contributed by atoms with E-state index < -0.39 is 17.9 Å². The van der Waals surface area contributed by atoms with Gasteiger partial charge in [-0.3, -0.25) is 20.4 Å². The van der Waals surface area contributed by atoms with Crippen LogP contribution < -0.4 is 20.3 Å². The minimum atomic E-state index is -0.771. The Bertz CT molecular complexity index is 1050. The lowest BCUT2D eigenvalue weighted by atomic mass is 9.98. The van der Waals surface area contributed by atoms with Crippen LogP contribution in [0.3, 0.4) is 0 Å². The monoisotopic (exact) mass is 420 g/mol. The number of hydrogen-bond donors (Lipinski definition) is 2. The zero-order chi connectivity index (χ0) is 22.2. The van der Waals surface area contributed by atoms with E-state index in [1.54, 1.807) is 13.0 Å². The molecule has 3 rings (SSSR count). The Hall–Kier alpha value is -3.54. The summed E-state index contributed by atoms with van der Waals surface area (Å²) >= 11 is 0. The van der Waals surface area contributed by atoms with Gasteiger partial charge in [0.1, 0.15) is 11.5 Å². The first-order valence-corrected chi connectivity index (χ1v) is 10.4. The van der Waals surface area contributed by atoms with E-state index in [9.17, 15) is 9.59 Å². The fourth-order valence-electron chi connectivity index (χ4n) is 3.13. The predicted octanol–water partition coefficient (Wildman–Crippen LogP) is 4.35. The summed E-state index contributed by atoms with van der Waals surface area (Å²) in [5, 5.41) is 2.12. The van der Waals surface area contributed by atoms with E-state index in [0.717, 1.165) is 22.8 Å². The molecule has 0 fully saturated rings. The van der Waals surface area contributed by atoms with Crippen LogP contribution in [0.25, 0.3) is 10.8 Å². The van der Waals surface area contributed by atoms with E-state index in [0.29, 0.717) is 17.4 Å². The number of nitrogens with one attached hydrogen (secondary N) is 2. The molecule has 3 aromatic rings. The Kier molecular flexibility index (Phi) is 7.49. The quantitative estimate of drug-likeness (QED) is 0.531. The van der Waals surface area contributed by atoms with Crippen molar-refractivity contribution in [2.24, 2.45) is 0 Å². The number of amides is 2. The summed E-state index contributed by atoms with van der Waals surface area (Å²) in [5.41, 5.74) is 5.80. The van der Waals surface area contributed by atoms with Crippen molar-refractivity contribution in [1.82, 2.24) is 10.9 Å². The van der Waals surface area contributed by atoms with Crippen LogP contribution in [0.15, 0.2) is 66.7 Å². The van der Waals surface area contributed by atoms with Crippen LogP contribution in [0.1, 0.15) is 38.7 Å². The summed E-state index contributed by atoms with van der Waals surface area (Å²) in [6.07, 6.45) is 0.195. The van der Waals surface area contributed by atoms with Gasteiger partial charge in [0.05, 0.1) is 0 Å². The maximum atomic E-state index is 12.3. The Morgan fingerprint density at radius 1 is 0.903 bits per heavy atom. The van der Waals surface area contributed by atoms with Crippen molar-refractivity contribution in [1.29, 1.82) is 0 Å². The summed E-state index contributed by atoms with van der Waals surface area (Å²) in [5.74, 6) is 0.661. The lowest BCUT2D eigenvalue weighted by Crippen LogP contribution is -2.48. The summed E-state index contributed by atoms with van der Waals surface area (Å²) in [6, 6.07) is 21.2. The zero-order valence-corrected chi connectivity index (χ0v) is 18.1. The molecule has 0 bridgehead atoms. The van der Waals surface area contributed by atoms with Crippen molar-refractivity contribution in [3.05, 3.63) is 72.3 Å². The van der Waals surface area contributed by atoms with Crippen molar-refractivity contribution in [2.45, 2.75) is 39.2 Å². The minimum Gasteiger partial charge on any atom is -0.484 e. The molecule has 0 heterocycles. The first-order valence-electron chi connectivity index (χ1n) is 10.4. The van der Waals surface area contributed by atoms with Crippen LogP contribution in [0.2, 0.25) is 0 Å². The molecule has 0 aromatic heterocycles. The SMILES string of the molecule is CCC(C)c1ccccc1OC(C)C(=O)NNC(=O)COc1ccc2ccccc2c1. The number of para-hydroxylation sites is 1. The van der Waals surface area contributed by atoms with Crippen LogP contribution in [0.4, 0.5) is 0 Å². The molecule has 2 N–H and O–H groups in total. The van der Waals surface area contributed by atoms with Gasteiger partial charge in [-0.2, -0.15) is 0 Å². The lowest BCUT2D eigenvalue weighted by Gasteiger charge is -2.19. The molecule has 0 spiro atoms. The number of fused-ring (bicyclic) bond motifs is 1. The highest BCUT2D eigenvalue weighted by atomic mass is 16.5. The van der Waals surface area contributed by atoms with Gasteiger partial charge in [0, 0.05) is 0 Å². The third-order valence-electron chi connectivity index (χ3n) is 5.15. The van der Waals surface area contributed by atoms with Gasteiger partial charge in [-0.15, -0.1) is 0 Å². The molecule has 6 heteroatoms. The Balaban J connectivity index is 1.48. The maximum absolute atomic E-state index is 12.3. The molecule has 0 aliphatic rings. The second-order valence-corrected chi connectivity index (χ2v) is 7.44. The minimum absolute atomic E-state index is 0.218. The number of hydrogen-bond acceptors (Lipinski definition) is 4. The van der Waals surface area contributed by atoms with Gasteiger partial charge < -0.3 is 9.47 Å². The predicted molar refractivity (Wildman–Crippen MR) is 121 cm³/mol. The van der Waals surface area contributed by atoms with Gasteiger partial charge in [0.25, 0.3) is 11.8 Å². The molecule has 2 atom stereocenters. The molecule has 0 aliphatic carbocycles. The normalized spacial score (nSPS) is 12.6. The second-order valence-electron chi connectivity index (χ2n) is 7.44. The summed E-state index contributed by atoms with van der Waals surface area (Å²) in [7, 11) is 0. The first kappa shape index (κ1) is 22.2. The Morgan fingerprint density at radius 2 is 1.61 bits per heavy atom. The number of ether oxygens (including phenoxy) is 2. The standard InChI is InChI=1S/C25H28N2O4/c1-4-17(2)22-11-7-8-12-23(22)31-18(3)25(29)27-26-24(28)16-30-21-14-13-19-9-5-6-10-20(19)15-21/h5-15,17-18H,4,16H2,1-3H3,(H,26,28)(H,27,29). The van der Waals surface area contributed by atoms with E-state index in [1.807, 2.05) is 60.7 Å². The Morgan fingerprint density at radius 3 is 2.39 bits per heavy atom. The van der Waals surface area contributed by atoms with Gasteiger partial charge >= 0.3 is 0 Å². The number of hydrazine groups is 1. The average molecular weight is 421 g/mol. The number of carbonyl (C=O) groups is 2. The van der Waals surface area contributed by atoms with Crippen LogP contribution >= 0.6 is 0 Å².